The summed E-state index contributed by atoms with van der Waals surface area (Å²) in [5, 5.41) is 2.94. The second kappa shape index (κ2) is 7.88. The van der Waals surface area contributed by atoms with Crippen LogP contribution in [0.2, 0.25) is 0 Å². The van der Waals surface area contributed by atoms with Gasteiger partial charge in [0.25, 0.3) is 0 Å². The van der Waals surface area contributed by atoms with Gasteiger partial charge >= 0.3 is 0 Å². The van der Waals surface area contributed by atoms with Gasteiger partial charge in [-0.25, -0.2) is 0 Å². The highest BCUT2D eigenvalue weighted by Gasteiger charge is 1.81. The summed E-state index contributed by atoms with van der Waals surface area (Å²) in [6.45, 7) is 6.58. The molecule has 0 atom stereocenters. The highest BCUT2D eigenvalue weighted by atomic mass is 16.5. The van der Waals surface area contributed by atoms with Gasteiger partial charge in [-0.15, -0.1) is 0 Å². The summed E-state index contributed by atoms with van der Waals surface area (Å²) >= 11 is 0. The van der Waals surface area contributed by atoms with E-state index in [4.69, 9.17) is 9.47 Å². The summed E-state index contributed by atoms with van der Waals surface area (Å²) in [6.07, 6.45) is 0. The van der Waals surface area contributed by atoms with Crippen LogP contribution in [0.5, 0.6) is 0 Å². The van der Waals surface area contributed by atoms with Crippen LogP contribution in [0.1, 0.15) is 13.8 Å². The van der Waals surface area contributed by atoms with E-state index in [9.17, 15) is 0 Å². The minimum Gasteiger partial charge on any atom is -0.367 e. The van der Waals surface area contributed by atoms with E-state index in [1.165, 1.54) is 0 Å². The second-order valence-corrected chi connectivity index (χ2v) is 1.52. The summed E-state index contributed by atoms with van der Waals surface area (Å²) in [5.41, 5.74) is 0. The van der Waals surface area contributed by atoms with Gasteiger partial charge in [0.2, 0.25) is 0 Å². The van der Waals surface area contributed by atoms with E-state index in [1.807, 2.05) is 13.8 Å². The number of hydrogen-bond donors (Lipinski definition) is 1. The first-order valence-corrected chi connectivity index (χ1v) is 3.28. The van der Waals surface area contributed by atoms with Crippen molar-refractivity contribution in [3.63, 3.8) is 0 Å². The quantitative estimate of drug-likeness (QED) is 0.424. The molecule has 0 bridgehead atoms. The third-order valence-electron chi connectivity index (χ3n) is 0.816. The zero-order valence-corrected chi connectivity index (χ0v) is 6.14. The average Bonchev–Trinajstić information content (AvgIpc) is 1.89. The van der Waals surface area contributed by atoms with Gasteiger partial charge in [-0.1, -0.05) is 0 Å². The molecule has 0 rings (SSSR count). The third kappa shape index (κ3) is 7.88. The summed E-state index contributed by atoms with van der Waals surface area (Å²) in [6, 6.07) is 0. The van der Waals surface area contributed by atoms with E-state index in [0.29, 0.717) is 13.5 Å². The number of rotatable bonds is 6. The fourth-order valence-electron chi connectivity index (χ4n) is 0.390. The van der Waals surface area contributed by atoms with E-state index in [1.54, 1.807) is 0 Å². The lowest BCUT2D eigenvalue weighted by Crippen LogP contribution is -2.20. The third-order valence-corrected chi connectivity index (χ3v) is 0.816. The maximum atomic E-state index is 4.99. The van der Waals surface area contributed by atoms with E-state index >= 15 is 0 Å². The molecule has 0 unspecified atom stereocenters. The van der Waals surface area contributed by atoms with Crippen molar-refractivity contribution in [2.75, 3.05) is 26.7 Å². The number of nitrogens with one attached hydrogen (secondary N) is 1. The Kier molecular flexibility index (Phi) is 7.77. The topological polar surface area (TPSA) is 30.5 Å². The van der Waals surface area contributed by atoms with Gasteiger partial charge < -0.3 is 9.47 Å². The van der Waals surface area contributed by atoms with Crippen LogP contribution in [-0.2, 0) is 9.47 Å². The normalized spacial score (nSPS) is 10.0. The molecule has 1 N–H and O–H groups in total. The van der Waals surface area contributed by atoms with Gasteiger partial charge in [0.05, 0.1) is 13.5 Å². The molecule has 0 aliphatic rings. The molecule has 0 aromatic rings. The van der Waals surface area contributed by atoms with E-state index < -0.39 is 0 Å². The van der Waals surface area contributed by atoms with Crippen molar-refractivity contribution in [1.82, 2.24) is 5.32 Å². The van der Waals surface area contributed by atoms with Crippen LogP contribution in [0.3, 0.4) is 0 Å². The van der Waals surface area contributed by atoms with Crippen LogP contribution in [0.15, 0.2) is 0 Å². The van der Waals surface area contributed by atoms with Crippen molar-refractivity contribution in [3.05, 3.63) is 0 Å². The molecule has 0 fully saturated rings. The fraction of sp³-hybridized carbons (Fsp3) is 1.00. The van der Waals surface area contributed by atoms with Crippen molar-refractivity contribution in [2.24, 2.45) is 0 Å². The van der Waals surface area contributed by atoms with Crippen LogP contribution in [0.25, 0.3) is 0 Å². The largest absolute Gasteiger partial charge is 0.367 e. The molecular weight excluding hydrogens is 118 g/mol. The minimum atomic E-state index is 0.580. The molecular formula is C6H15NO2. The second-order valence-electron chi connectivity index (χ2n) is 1.52. The van der Waals surface area contributed by atoms with Gasteiger partial charge in [0, 0.05) is 13.2 Å². The Bertz CT molecular complexity index is 44.3. The molecule has 0 radical (unpaired) electrons. The summed E-state index contributed by atoms with van der Waals surface area (Å²) in [5.74, 6) is 0. The molecule has 0 aromatic carbocycles. The Morgan fingerprint density at radius 3 is 1.78 bits per heavy atom. The van der Waals surface area contributed by atoms with Gasteiger partial charge in [0.1, 0.15) is 0 Å². The zero-order valence-electron chi connectivity index (χ0n) is 6.14. The Labute approximate surface area is 56.3 Å². The van der Waals surface area contributed by atoms with Gasteiger partial charge in [-0.2, -0.15) is 0 Å². The smallest absolute Gasteiger partial charge is 0.0982 e. The van der Waals surface area contributed by atoms with Crippen molar-refractivity contribution in [3.8, 4) is 0 Å². The van der Waals surface area contributed by atoms with Crippen LogP contribution >= 0.6 is 0 Å². The monoisotopic (exact) mass is 133 g/mol. The van der Waals surface area contributed by atoms with Gasteiger partial charge in [-0.05, 0) is 13.8 Å². The molecule has 56 valence electrons. The van der Waals surface area contributed by atoms with Crippen LogP contribution in [-0.4, -0.2) is 26.7 Å². The molecule has 0 aliphatic heterocycles. The SMILES string of the molecule is CCOCNCOCC. The Morgan fingerprint density at radius 1 is 1.00 bits per heavy atom. The van der Waals surface area contributed by atoms with Crippen LogP contribution < -0.4 is 5.32 Å². The van der Waals surface area contributed by atoms with E-state index in [-0.39, 0.29) is 0 Å². The molecule has 3 nitrogen and oxygen atoms in total. The van der Waals surface area contributed by atoms with Crippen molar-refractivity contribution >= 4 is 0 Å². The maximum absolute atomic E-state index is 4.99. The lowest BCUT2D eigenvalue weighted by molar-refractivity contribution is 0.0694. The highest BCUT2D eigenvalue weighted by molar-refractivity contribution is 4.23. The Morgan fingerprint density at radius 2 is 1.44 bits per heavy atom. The minimum absolute atomic E-state index is 0.580. The molecule has 3 heteroatoms. The lowest BCUT2D eigenvalue weighted by atomic mass is 10.8. The Balaban J connectivity index is 2.60. The molecule has 0 saturated carbocycles. The lowest BCUT2D eigenvalue weighted by Gasteiger charge is -2.02. The summed E-state index contributed by atoms with van der Waals surface area (Å²) in [4.78, 5) is 0. The van der Waals surface area contributed by atoms with Crippen LogP contribution in [0, 0.1) is 0 Å². The summed E-state index contributed by atoms with van der Waals surface area (Å²) in [7, 11) is 0. The molecule has 0 aliphatic carbocycles. The molecule has 0 saturated heterocycles. The zero-order chi connectivity index (χ0) is 6.95. The first-order chi connectivity index (χ1) is 4.41. The average molecular weight is 133 g/mol. The molecule has 0 spiro atoms. The maximum Gasteiger partial charge on any atom is 0.0982 e. The predicted molar refractivity (Wildman–Crippen MR) is 36.1 cm³/mol. The highest BCUT2D eigenvalue weighted by Crippen LogP contribution is 1.69. The Hall–Kier alpha value is -0.120. The molecule has 0 heterocycles. The summed E-state index contributed by atoms with van der Waals surface area (Å²) < 4.78 is 9.98. The molecule has 0 aromatic heterocycles. The van der Waals surface area contributed by atoms with Gasteiger partial charge in [0.15, 0.2) is 0 Å². The first kappa shape index (κ1) is 8.88. The fourth-order valence-corrected chi connectivity index (χ4v) is 0.390. The van der Waals surface area contributed by atoms with Crippen molar-refractivity contribution in [1.29, 1.82) is 0 Å². The molecule has 9 heavy (non-hydrogen) atoms. The van der Waals surface area contributed by atoms with Crippen molar-refractivity contribution in [2.45, 2.75) is 13.8 Å². The molecule has 0 amide bonds. The van der Waals surface area contributed by atoms with E-state index in [2.05, 4.69) is 5.32 Å². The first-order valence-electron chi connectivity index (χ1n) is 3.28. The van der Waals surface area contributed by atoms with Gasteiger partial charge in [-0.3, -0.25) is 5.32 Å². The van der Waals surface area contributed by atoms with Crippen molar-refractivity contribution < 1.29 is 9.47 Å². The standard InChI is InChI=1S/C6H15NO2/c1-3-8-5-7-6-9-4-2/h7H,3-6H2,1-2H3. The number of ether oxygens (including phenoxy) is 2. The van der Waals surface area contributed by atoms with Crippen LogP contribution in [0.4, 0.5) is 0 Å². The number of hydrogen-bond acceptors (Lipinski definition) is 3. The predicted octanol–water partition coefficient (Wildman–Crippen LogP) is 0.564. The van der Waals surface area contributed by atoms with E-state index in [0.717, 1.165) is 13.2 Å².